The van der Waals surface area contributed by atoms with Crippen molar-refractivity contribution in [2.75, 3.05) is 18.0 Å². The Hall–Kier alpha value is -1.92. The van der Waals surface area contributed by atoms with E-state index in [1.54, 1.807) is 18.3 Å². The summed E-state index contributed by atoms with van der Waals surface area (Å²) >= 11 is 1.86. The number of rotatable bonds is 6. The second-order valence-corrected chi connectivity index (χ2v) is 8.43. The number of carbonyl (C=O) groups is 1. The summed E-state index contributed by atoms with van der Waals surface area (Å²) < 4.78 is 5.36. The summed E-state index contributed by atoms with van der Waals surface area (Å²) in [6.07, 6.45) is 2.64. The van der Waals surface area contributed by atoms with Gasteiger partial charge in [-0.05, 0) is 57.9 Å². The van der Waals surface area contributed by atoms with Gasteiger partial charge in [0.05, 0.1) is 6.10 Å². The van der Waals surface area contributed by atoms with Crippen LogP contribution < -0.4 is 10.2 Å². The maximum atomic E-state index is 12.4. The van der Waals surface area contributed by atoms with E-state index in [-0.39, 0.29) is 13.5 Å². The fourth-order valence-electron chi connectivity index (χ4n) is 3.19. The average molecular weight is 376 g/mol. The molecule has 1 aliphatic rings. The van der Waals surface area contributed by atoms with E-state index in [9.17, 15) is 4.79 Å². The van der Waals surface area contributed by atoms with Gasteiger partial charge in [-0.1, -0.05) is 0 Å². The van der Waals surface area contributed by atoms with E-state index in [2.05, 4.69) is 35.1 Å². The average Bonchev–Trinajstić information content (AvgIpc) is 3.19. The van der Waals surface area contributed by atoms with Crippen molar-refractivity contribution in [2.24, 2.45) is 0 Å². The Bertz CT molecular complexity index is 759. The first-order chi connectivity index (χ1) is 12.4. The van der Waals surface area contributed by atoms with Crippen molar-refractivity contribution in [3.63, 3.8) is 0 Å². The first-order valence-corrected chi connectivity index (χ1v) is 9.96. The smallest absolute Gasteiger partial charge is 0.342 e. The van der Waals surface area contributed by atoms with Gasteiger partial charge in [0, 0.05) is 43.1 Å². The molecule has 0 aromatic carbocycles. The molecule has 0 unspecified atom stereocenters. The van der Waals surface area contributed by atoms with Gasteiger partial charge in [0.1, 0.15) is 11.4 Å². The minimum absolute atomic E-state index is 0. The molecule has 3 heterocycles. The Morgan fingerprint density at radius 2 is 2.31 bits per heavy atom. The second kappa shape index (κ2) is 8.18. The zero-order valence-corrected chi connectivity index (χ0v) is 16.7. The predicted octanol–water partition coefficient (Wildman–Crippen LogP) is 3.94. The summed E-state index contributed by atoms with van der Waals surface area (Å²) in [7, 11) is 0. The van der Waals surface area contributed by atoms with Crippen LogP contribution in [0.3, 0.4) is 0 Å². The van der Waals surface area contributed by atoms with Gasteiger partial charge in [0.25, 0.3) is 0 Å². The molecule has 1 fully saturated rings. The molecule has 2 aromatic heterocycles. The molecule has 0 bridgehead atoms. The number of pyridine rings is 1. The fourth-order valence-corrected chi connectivity index (χ4v) is 4.19. The number of esters is 1. The molecule has 26 heavy (non-hydrogen) atoms. The Kier molecular flexibility index (Phi) is 5.94. The molecule has 1 saturated heterocycles. The molecule has 6 heteroatoms. The fraction of sp³-hybridized carbons (Fsp3) is 0.500. The summed E-state index contributed by atoms with van der Waals surface area (Å²) in [6.45, 7) is 10.7. The Labute approximate surface area is 160 Å². The van der Waals surface area contributed by atoms with Crippen molar-refractivity contribution in [3.05, 3.63) is 45.3 Å². The predicted molar refractivity (Wildman–Crippen MR) is 108 cm³/mol. The minimum Gasteiger partial charge on any atom is -0.459 e. The van der Waals surface area contributed by atoms with Crippen LogP contribution in [0.15, 0.2) is 24.4 Å². The van der Waals surface area contributed by atoms with Gasteiger partial charge in [-0.15, -0.1) is 11.3 Å². The molecule has 0 radical (unpaired) electrons. The number of aromatic nitrogens is 1. The SMILES string of the molecule is Cc1cc(CN[C@H]2CCN(c3ncccc3C(=O)OC(C)C)C2)sc1C.[HH]. The van der Waals surface area contributed by atoms with E-state index in [4.69, 9.17) is 4.74 Å². The van der Waals surface area contributed by atoms with E-state index in [1.807, 2.05) is 25.2 Å². The van der Waals surface area contributed by atoms with Crippen LogP contribution in [-0.2, 0) is 11.3 Å². The van der Waals surface area contributed by atoms with Crippen LogP contribution in [-0.4, -0.2) is 36.2 Å². The molecule has 1 N–H and O–H groups in total. The van der Waals surface area contributed by atoms with Crippen molar-refractivity contribution in [1.29, 1.82) is 0 Å². The maximum Gasteiger partial charge on any atom is 0.342 e. The first kappa shape index (κ1) is 18.9. The van der Waals surface area contributed by atoms with Crippen LogP contribution in [0, 0.1) is 13.8 Å². The number of hydrogen-bond acceptors (Lipinski definition) is 6. The van der Waals surface area contributed by atoms with Crippen LogP contribution in [0.2, 0.25) is 0 Å². The van der Waals surface area contributed by atoms with E-state index >= 15 is 0 Å². The monoisotopic (exact) mass is 375 g/mol. The number of anilines is 1. The number of ether oxygens (including phenoxy) is 1. The minimum atomic E-state index is -0.302. The number of nitrogens with zero attached hydrogens (tertiary/aromatic N) is 2. The number of nitrogens with one attached hydrogen (secondary N) is 1. The molecule has 1 aliphatic heterocycles. The van der Waals surface area contributed by atoms with Crippen molar-refractivity contribution in [3.8, 4) is 0 Å². The van der Waals surface area contributed by atoms with Crippen LogP contribution in [0.1, 0.15) is 47.4 Å². The molecule has 0 aliphatic carbocycles. The van der Waals surface area contributed by atoms with Gasteiger partial charge in [-0.25, -0.2) is 9.78 Å². The third-order valence-electron chi connectivity index (χ3n) is 4.62. The van der Waals surface area contributed by atoms with Crippen molar-refractivity contribution >= 4 is 23.1 Å². The molecular weight excluding hydrogens is 346 g/mol. The maximum absolute atomic E-state index is 12.4. The van der Waals surface area contributed by atoms with Crippen molar-refractivity contribution in [1.82, 2.24) is 10.3 Å². The molecule has 5 nitrogen and oxygen atoms in total. The van der Waals surface area contributed by atoms with Crippen molar-refractivity contribution < 1.29 is 11.0 Å². The molecule has 2 aromatic rings. The van der Waals surface area contributed by atoms with Gasteiger partial charge in [0.15, 0.2) is 0 Å². The van der Waals surface area contributed by atoms with E-state index < -0.39 is 0 Å². The zero-order valence-electron chi connectivity index (χ0n) is 15.9. The molecule has 0 amide bonds. The van der Waals surface area contributed by atoms with Gasteiger partial charge < -0.3 is 15.0 Å². The standard InChI is InChI=1S/C20H27N3O2S.H2/c1-13(2)25-20(24)18-6-5-8-21-19(18)23-9-7-16(12-23)22-11-17-10-14(3)15(4)26-17;/h5-6,8,10,13,16,22H,7,9,11-12H2,1-4H3;1H/t16-;/m0./s1. The Morgan fingerprint density at radius 3 is 3.00 bits per heavy atom. The highest BCUT2D eigenvalue weighted by Crippen LogP contribution is 2.24. The highest BCUT2D eigenvalue weighted by Gasteiger charge is 2.27. The van der Waals surface area contributed by atoms with Gasteiger partial charge in [-0.2, -0.15) is 0 Å². The molecule has 3 rings (SSSR count). The van der Waals surface area contributed by atoms with Crippen LogP contribution in [0.5, 0.6) is 0 Å². The normalized spacial score (nSPS) is 17.1. The van der Waals surface area contributed by atoms with Crippen LogP contribution in [0.4, 0.5) is 5.82 Å². The van der Waals surface area contributed by atoms with Gasteiger partial charge in [0.2, 0.25) is 0 Å². The Balaban J connectivity index is 0.00000261. The molecule has 0 spiro atoms. The third kappa shape index (κ3) is 4.43. The lowest BCUT2D eigenvalue weighted by Crippen LogP contribution is -2.32. The summed E-state index contributed by atoms with van der Waals surface area (Å²) in [5, 5.41) is 3.64. The molecule has 0 saturated carbocycles. The first-order valence-electron chi connectivity index (χ1n) is 9.14. The number of aryl methyl sites for hydroxylation is 2. The van der Waals surface area contributed by atoms with Gasteiger partial charge in [-0.3, -0.25) is 0 Å². The molecule has 142 valence electrons. The van der Waals surface area contributed by atoms with Gasteiger partial charge >= 0.3 is 5.97 Å². The number of hydrogen-bond donors (Lipinski definition) is 1. The lowest BCUT2D eigenvalue weighted by Gasteiger charge is -2.20. The van der Waals surface area contributed by atoms with E-state index in [1.165, 1.54) is 15.3 Å². The Morgan fingerprint density at radius 1 is 1.50 bits per heavy atom. The quantitative estimate of drug-likeness (QED) is 0.775. The van der Waals surface area contributed by atoms with Crippen molar-refractivity contribution in [2.45, 2.75) is 52.8 Å². The summed E-state index contributed by atoms with van der Waals surface area (Å²) in [5.74, 6) is 0.425. The van der Waals surface area contributed by atoms with E-state index in [0.29, 0.717) is 11.6 Å². The zero-order chi connectivity index (χ0) is 18.7. The third-order valence-corrected chi connectivity index (χ3v) is 5.77. The van der Waals surface area contributed by atoms with Crippen LogP contribution in [0.25, 0.3) is 0 Å². The highest BCUT2D eigenvalue weighted by molar-refractivity contribution is 7.12. The summed E-state index contributed by atoms with van der Waals surface area (Å²) in [4.78, 5) is 21.8. The summed E-state index contributed by atoms with van der Waals surface area (Å²) in [5.41, 5.74) is 1.91. The second-order valence-electron chi connectivity index (χ2n) is 7.09. The number of carbonyl (C=O) groups excluding carboxylic acids is 1. The topological polar surface area (TPSA) is 54.5 Å². The molecule has 1 atom stereocenters. The largest absolute Gasteiger partial charge is 0.459 e. The summed E-state index contributed by atoms with van der Waals surface area (Å²) in [6, 6.07) is 6.24. The number of thiophene rings is 1. The van der Waals surface area contributed by atoms with E-state index in [0.717, 1.165) is 31.9 Å². The van der Waals surface area contributed by atoms with Crippen LogP contribution >= 0.6 is 11.3 Å². The lowest BCUT2D eigenvalue weighted by molar-refractivity contribution is 0.0378. The molecular formula is C20H29N3O2S. The highest BCUT2D eigenvalue weighted by atomic mass is 32.1. The lowest BCUT2D eigenvalue weighted by atomic mass is 10.2.